The second-order valence-corrected chi connectivity index (χ2v) is 7.53. The SMILES string of the molecule is CC(C)n1cnnc1-c1cccc(NC(=O)c2cc3c(cc2F)OCc2cncn2-3)c1. The molecular formula is C22H19FN6O2. The molecule has 1 aliphatic rings. The second-order valence-electron chi connectivity index (χ2n) is 7.53. The maximum Gasteiger partial charge on any atom is 0.258 e. The van der Waals surface area contributed by atoms with Crippen molar-refractivity contribution in [3.63, 3.8) is 0 Å². The van der Waals surface area contributed by atoms with Gasteiger partial charge < -0.3 is 14.6 Å². The Morgan fingerprint density at radius 1 is 1.23 bits per heavy atom. The monoisotopic (exact) mass is 418 g/mol. The molecule has 0 fully saturated rings. The number of ether oxygens (including phenoxy) is 1. The molecular weight excluding hydrogens is 399 g/mol. The molecule has 4 aromatic rings. The van der Waals surface area contributed by atoms with E-state index in [9.17, 15) is 9.18 Å². The number of nitrogens with one attached hydrogen (secondary N) is 1. The minimum absolute atomic E-state index is 0.0837. The number of carbonyl (C=O) groups is 1. The van der Waals surface area contributed by atoms with Gasteiger partial charge in [0.25, 0.3) is 5.91 Å². The van der Waals surface area contributed by atoms with Crippen molar-refractivity contribution in [3.8, 4) is 22.8 Å². The first-order valence-electron chi connectivity index (χ1n) is 9.80. The lowest BCUT2D eigenvalue weighted by Crippen LogP contribution is -2.17. The molecule has 0 radical (unpaired) electrons. The zero-order valence-electron chi connectivity index (χ0n) is 16.9. The van der Waals surface area contributed by atoms with Crippen LogP contribution in [-0.4, -0.2) is 30.2 Å². The average Bonchev–Trinajstić information content (AvgIpc) is 3.43. The molecule has 2 aromatic heterocycles. The van der Waals surface area contributed by atoms with E-state index in [0.29, 0.717) is 29.6 Å². The Bertz CT molecular complexity index is 1290. The lowest BCUT2D eigenvalue weighted by atomic mass is 10.1. The number of nitrogens with zero attached hydrogens (tertiary/aromatic N) is 5. The van der Waals surface area contributed by atoms with Crippen molar-refractivity contribution >= 4 is 11.6 Å². The first-order valence-corrected chi connectivity index (χ1v) is 9.80. The third-order valence-corrected chi connectivity index (χ3v) is 5.15. The van der Waals surface area contributed by atoms with Crippen LogP contribution in [0.3, 0.4) is 0 Å². The molecule has 0 spiro atoms. The van der Waals surface area contributed by atoms with Crippen molar-refractivity contribution in [2.24, 2.45) is 0 Å². The molecule has 9 heteroatoms. The number of carbonyl (C=O) groups excluding carboxylic acids is 1. The molecule has 1 N–H and O–H groups in total. The summed E-state index contributed by atoms with van der Waals surface area (Å²) in [6.45, 7) is 4.37. The number of hydrogen-bond acceptors (Lipinski definition) is 5. The molecule has 0 saturated carbocycles. The van der Waals surface area contributed by atoms with Crippen LogP contribution < -0.4 is 10.1 Å². The molecule has 0 bridgehead atoms. The molecule has 0 saturated heterocycles. The molecule has 0 aliphatic carbocycles. The fourth-order valence-corrected chi connectivity index (χ4v) is 3.58. The van der Waals surface area contributed by atoms with Crippen LogP contribution in [0, 0.1) is 5.82 Å². The number of aromatic nitrogens is 5. The Balaban J connectivity index is 1.45. The average molecular weight is 418 g/mol. The molecule has 5 rings (SSSR count). The highest BCUT2D eigenvalue weighted by Crippen LogP contribution is 2.32. The van der Waals surface area contributed by atoms with E-state index in [2.05, 4.69) is 20.5 Å². The summed E-state index contributed by atoms with van der Waals surface area (Å²) < 4.78 is 24.0. The predicted molar refractivity (Wildman–Crippen MR) is 112 cm³/mol. The van der Waals surface area contributed by atoms with Gasteiger partial charge in [0.1, 0.15) is 24.5 Å². The summed E-state index contributed by atoms with van der Waals surface area (Å²) in [5, 5.41) is 10.9. The number of amides is 1. The van der Waals surface area contributed by atoms with Gasteiger partial charge in [0, 0.05) is 23.4 Å². The van der Waals surface area contributed by atoms with Crippen LogP contribution in [0.5, 0.6) is 5.75 Å². The Morgan fingerprint density at radius 3 is 2.94 bits per heavy atom. The summed E-state index contributed by atoms with van der Waals surface area (Å²) in [7, 11) is 0. The van der Waals surface area contributed by atoms with Gasteiger partial charge in [-0.15, -0.1) is 10.2 Å². The number of benzene rings is 2. The van der Waals surface area contributed by atoms with Gasteiger partial charge in [-0.05, 0) is 32.0 Å². The molecule has 3 heterocycles. The third-order valence-electron chi connectivity index (χ3n) is 5.15. The van der Waals surface area contributed by atoms with Crippen LogP contribution in [0.25, 0.3) is 17.1 Å². The highest BCUT2D eigenvalue weighted by atomic mass is 19.1. The van der Waals surface area contributed by atoms with Gasteiger partial charge in [-0.2, -0.15) is 0 Å². The predicted octanol–water partition coefficient (Wildman–Crippen LogP) is 4.00. The molecule has 1 amide bonds. The van der Waals surface area contributed by atoms with Gasteiger partial charge in [0.15, 0.2) is 5.82 Å². The molecule has 1 aliphatic heterocycles. The summed E-state index contributed by atoms with van der Waals surface area (Å²) in [5.41, 5.74) is 2.64. The maximum absolute atomic E-state index is 14.7. The van der Waals surface area contributed by atoms with Crippen molar-refractivity contribution in [2.75, 3.05) is 5.32 Å². The van der Waals surface area contributed by atoms with E-state index in [-0.39, 0.29) is 11.6 Å². The van der Waals surface area contributed by atoms with Crippen LogP contribution in [0.15, 0.2) is 55.2 Å². The molecule has 8 nitrogen and oxygen atoms in total. The van der Waals surface area contributed by atoms with Crippen molar-refractivity contribution in [1.82, 2.24) is 24.3 Å². The van der Waals surface area contributed by atoms with Crippen LogP contribution in [-0.2, 0) is 6.61 Å². The summed E-state index contributed by atoms with van der Waals surface area (Å²) >= 11 is 0. The van der Waals surface area contributed by atoms with Crippen LogP contribution in [0.4, 0.5) is 10.1 Å². The van der Waals surface area contributed by atoms with E-state index < -0.39 is 11.7 Å². The first kappa shape index (κ1) is 19.0. The van der Waals surface area contributed by atoms with Crippen LogP contribution in [0.2, 0.25) is 0 Å². The smallest absolute Gasteiger partial charge is 0.258 e. The normalized spacial score (nSPS) is 12.3. The minimum atomic E-state index is -0.657. The highest BCUT2D eigenvalue weighted by Gasteiger charge is 2.22. The number of rotatable bonds is 4. The van der Waals surface area contributed by atoms with E-state index in [1.807, 2.05) is 24.5 Å². The summed E-state index contributed by atoms with van der Waals surface area (Å²) in [6, 6.07) is 10.1. The van der Waals surface area contributed by atoms with Gasteiger partial charge in [-0.25, -0.2) is 9.37 Å². The number of imidazole rings is 1. The molecule has 0 unspecified atom stereocenters. The van der Waals surface area contributed by atoms with E-state index in [1.54, 1.807) is 41.6 Å². The first-order chi connectivity index (χ1) is 15.0. The quantitative estimate of drug-likeness (QED) is 0.541. The van der Waals surface area contributed by atoms with E-state index >= 15 is 0 Å². The minimum Gasteiger partial charge on any atom is -0.485 e. The Labute approximate surface area is 177 Å². The molecule has 31 heavy (non-hydrogen) atoms. The molecule has 0 atom stereocenters. The Kier molecular flexibility index (Phi) is 4.50. The van der Waals surface area contributed by atoms with Crippen LogP contribution >= 0.6 is 0 Å². The number of hydrogen-bond donors (Lipinski definition) is 1. The Hall–Kier alpha value is -4.01. The van der Waals surface area contributed by atoms with Gasteiger partial charge in [0.05, 0.1) is 29.5 Å². The van der Waals surface area contributed by atoms with Crippen molar-refractivity contribution < 1.29 is 13.9 Å². The van der Waals surface area contributed by atoms with E-state index in [1.165, 1.54) is 12.1 Å². The zero-order chi connectivity index (χ0) is 21.5. The van der Waals surface area contributed by atoms with E-state index in [4.69, 9.17) is 4.74 Å². The fourth-order valence-electron chi connectivity index (χ4n) is 3.58. The second kappa shape index (κ2) is 7.35. The highest BCUT2D eigenvalue weighted by molar-refractivity contribution is 6.05. The summed E-state index contributed by atoms with van der Waals surface area (Å²) in [6.07, 6.45) is 4.96. The third kappa shape index (κ3) is 3.33. The van der Waals surface area contributed by atoms with Crippen molar-refractivity contribution in [1.29, 1.82) is 0 Å². The standard InChI is InChI=1S/C22H19FN6O2/c1-13(2)28-12-25-27-21(28)14-4-3-5-15(6-14)26-22(30)17-7-19-20(8-18(17)23)31-10-16-9-24-11-29(16)19/h3-9,11-13H,10H2,1-2H3,(H,26,30). The van der Waals surface area contributed by atoms with E-state index in [0.717, 1.165) is 11.3 Å². The summed E-state index contributed by atoms with van der Waals surface area (Å²) in [5.74, 6) is -0.157. The molecule has 156 valence electrons. The van der Waals surface area contributed by atoms with Gasteiger partial charge in [0.2, 0.25) is 0 Å². The largest absolute Gasteiger partial charge is 0.485 e. The molecule has 2 aromatic carbocycles. The van der Waals surface area contributed by atoms with Gasteiger partial charge in [-0.3, -0.25) is 9.36 Å². The zero-order valence-corrected chi connectivity index (χ0v) is 16.9. The van der Waals surface area contributed by atoms with Crippen LogP contribution in [0.1, 0.15) is 35.9 Å². The lowest BCUT2D eigenvalue weighted by Gasteiger charge is -2.20. The van der Waals surface area contributed by atoms with Gasteiger partial charge in [-0.1, -0.05) is 12.1 Å². The van der Waals surface area contributed by atoms with Gasteiger partial charge >= 0.3 is 0 Å². The maximum atomic E-state index is 14.7. The topological polar surface area (TPSA) is 86.9 Å². The number of anilines is 1. The Morgan fingerprint density at radius 2 is 2.10 bits per heavy atom. The summed E-state index contributed by atoms with van der Waals surface area (Å²) in [4.78, 5) is 17.0. The fraction of sp³-hybridized carbons (Fsp3) is 0.182. The number of fused-ring (bicyclic) bond motifs is 3. The lowest BCUT2D eigenvalue weighted by molar-refractivity contribution is 0.102. The number of halogens is 1. The van der Waals surface area contributed by atoms with Crippen molar-refractivity contribution in [3.05, 3.63) is 72.3 Å². The van der Waals surface area contributed by atoms with Crippen molar-refractivity contribution in [2.45, 2.75) is 26.5 Å².